The Morgan fingerprint density at radius 3 is 2.61 bits per heavy atom. The standard InChI is InChI=1S/C10H12ClF3N2OS/c1-6(5-18(2)17)15-9-4-7(10(12,13)14)3-8(11)16-9/h3-4,6H,5H2,1-2H3,(H,15,16). The van der Waals surface area contributed by atoms with Gasteiger partial charge in [-0.05, 0) is 19.1 Å². The third kappa shape index (κ3) is 4.81. The molecule has 2 unspecified atom stereocenters. The summed E-state index contributed by atoms with van der Waals surface area (Å²) in [5, 5.41) is 2.50. The van der Waals surface area contributed by atoms with Crippen molar-refractivity contribution in [3.8, 4) is 0 Å². The fraction of sp³-hybridized carbons (Fsp3) is 0.500. The second kappa shape index (κ2) is 5.88. The SMILES string of the molecule is CC(CS(C)=O)Nc1cc(C(F)(F)F)cc(Cl)n1. The van der Waals surface area contributed by atoms with Crippen LogP contribution in [0.5, 0.6) is 0 Å². The van der Waals surface area contributed by atoms with E-state index in [9.17, 15) is 17.4 Å². The van der Waals surface area contributed by atoms with Crippen molar-refractivity contribution in [3.63, 3.8) is 0 Å². The Hall–Kier alpha value is -0.820. The predicted molar refractivity (Wildman–Crippen MR) is 66.3 cm³/mol. The minimum absolute atomic E-state index is 0.0211. The highest BCUT2D eigenvalue weighted by Crippen LogP contribution is 2.32. The Labute approximate surface area is 110 Å². The van der Waals surface area contributed by atoms with E-state index in [4.69, 9.17) is 11.6 Å². The van der Waals surface area contributed by atoms with Crippen molar-refractivity contribution in [2.75, 3.05) is 17.3 Å². The molecule has 0 radical (unpaired) electrons. The number of alkyl halides is 3. The third-order valence-electron chi connectivity index (χ3n) is 2.00. The normalized spacial score (nSPS) is 15.2. The molecule has 1 heterocycles. The number of halogens is 4. The van der Waals surface area contributed by atoms with E-state index >= 15 is 0 Å². The lowest BCUT2D eigenvalue weighted by Crippen LogP contribution is -2.23. The van der Waals surface area contributed by atoms with Gasteiger partial charge in [0.1, 0.15) is 11.0 Å². The van der Waals surface area contributed by atoms with E-state index in [1.54, 1.807) is 6.92 Å². The second-order valence-corrected chi connectivity index (χ2v) is 5.71. The molecule has 0 aliphatic heterocycles. The Morgan fingerprint density at radius 1 is 1.50 bits per heavy atom. The summed E-state index contributed by atoms with van der Waals surface area (Å²) in [4.78, 5) is 3.75. The Kier molecular flexibility index (Phi) is 4.98. The molecule has 3 nitrogen and oxygen atoms in total. The molecular weight excluding hydrogens is 289 g/mol. The van der Waals surface area contributed by atoms with Gasteiger partial charge in [-0.2, -0.15) is 13.2 Å². The first-order valence-corrected chi connectivity index (χ1v) is 7.10. The van der Waals surface area contributed by atoms with Crippen LogP contribution in [-0.2, 0) is 17.0 Å². The topological polar surface area (TPSA) is 42.0 Å². The van der Waals surface area contributed by atoms with Crippen LogP contribution in [0.25, 0.3) is 0 Å². The maximum Gasteiger partial charge on any atom is 0.416 e. The van der Waals surface area contributed by atoms with Crippen LogP contribution in [0.3, 0.4) is 0 Å². The molecule has 0 bridgehead atoms. The lowest BCUT2D eigenvalue weighted by Gasteiger charge is -2.15. The van der Waals surface area contributed by atoms with E-state index in [0.29, 0.717) is 5.75 Å². The van der Waals surface area contributed by atoms with Gasteiger partial charge in [0, 0.05) is 28.9 Å². The minimum Gasteiger partial charge on any atom is -0.367 e. The number of pyridine rings is 1. The van der Waals surface area contributed by atoms with E-state index in [-0.39, 0.29) is 17.0 Å². The van der Waals surface area contributed by atoms with E-state index in [0.717, 1.165) is 12.1 Å². The summed E-state index contributed by atoms with van der Waals surface area (Å²) in [6, 6.07) is 1.37. The predicted octanol–water partition coefficient (Wildman–Crippen LogP) is 2.93. The van der Waals surface area contributed by atoms with Crippen LogP contribution in [0, 0.1) is 0 Å². The fourth-order valence-electron chi connectivity index (χ4n) is 1.38. The van der Waals surface area contributed by atoms with Gasteiger partial charge in [-0.25, -0.2) is 4.98 Å². The van der Waals surface area contributed by atoms with Gasteiger partial charge in [-0.1, -0.05) is 11.6 Å². The lowest BCUT2D eigenvalue weighted by atomic mass is 10.2. The van der Waals surface area contributed by atoms with Crippen molar-refractivity contribution in [2.45, 2.75) is 19.1 Å². The van der Waals surface area contributed by atoms with Gasteiger partial charge in [-0.15, -0.1) is 0 Å². The molecule has 1 aromatic rings. The van der Waals surface area contributed by atoms with Crippen molar-refractivity contribution in [3.05, 3.63) is 22.8 Å². The number of nitrogens with one attached hydrogen (secondary N) is 1. The average Bonchev–Trinajstić information content (AvgIpc) is 2.13. The minimum atomic E-state index is -4.47. The monoisotopic (exact) mass is 300 g/mol. The molecule has 0 amide bonds. The molecule has 2 atom stereocenters. The Morgan fingerprint density at radius 2 is 2.11 bits per heavy atom. The highest BCUT2D eigenvalue weighted by Gasteiger charge is 2.31. The summed E-state index contributed by atoms with van der Waals surface area (Å²) in [6.45, 7) is 1.71. The van der Waals surface area contributed by atoms with Crippen LogP contribution >= 0.6 is 11.6 Å². The zero-order valence-corrected chi connectivity index (χ0v) is 11.3. The second-order valence-electron chi connectivity index (χ2n) is 3.85. The fourth-order valence-corrected chi connectivity index (χ4v) is 2.38. The molecule has 0 aliphatic carbocycles. The van der Waals surface area contributed by atoms with Crippen LogP contribution in [0.1, 0.15) is 12.5 Å². The molecule has 1 aromatic heterocycles. The zero-order valence-electron chi connectivity index (χ0n) is 9.71. The molecule has 0 aromatic carbocycles. The van der Waals surface area contributed by atoms with Gasteiger partial charge in [0.2, 0.25) is 0 Å². The van der Waals surface area contributed by atoms with Crippen LogP contribution < -0.4 is 5.32 Å². The van der Waals surface area contributed by atoms with Crippen LogP contribution in [-0.4, -0.2) is 27.2 Å². The summed E-state index contributed by atoms with van der Waals surface area (Å²) < 4.78 is 48.6. The van der Waals surface area contributed by atoms with Gasteiger partial charge < -0.3 is 5.32 Å². The molecule has 0 saturated carbocycles. The Bertz CT molecular complexity index is 453. The Balaban J connectivity index is 2.90. The number of hydrogen-bond donors (Lipinski definition) is 1. The highest BCUT2D eigenvalue weighted by atomic mass is 35.5. The first kappa shape index (κ1) is 15.2. The average molecular weight is 301 g/mol. The third-order valence-corrected chi connectivity index (χ3v) is 3.16. The number of hydrogen-bond acceptors (Lipinski definition) is 3. The van der Waals surface area contributed by atoms with Crippen molar-refractivity contribution in [1.29, 1.82) is 0 Å². The van der Waals surface area contributed by atoms with Crippen molar-refractivity contribution < 1.29 is 17.4 Å². The van der Waals surface area contributed by atoms with E-state index in [1.807, 2.05) is 0 Å². The first-order chi connectivity index (χ1) is 8.18. The number of nitrogens with zero attached hydrogens (tertiary/aromatic N) is 1. The summed E-state index contributed by atoms with van der Waals surface area (Å²) in [7, 11) is -1.04. The largest absolute Gasteiger partial charge is 0.416 e. The van der Waals surface area contributed by atoms with Crippen LogP contribution in [0.15, 0.2) is 12.1 Å². The summed E-state index contributed by atoms with van der Waals surface area (Å²) in [5.74, 6) is 0.336. The molecule has 102 valence electrons. The molecule has 18 heavy (non-hydrogen) atoms. The quantitative estimate of drug-likeness (QED) is 0.869. The molecule has 8 heteroatoms. The van der Waals surface area contributed by atoms with Crippen LogP contribution in [0.2, 0.25) is 5.15 Å². The highest BCUT2D eigenvalue weighted by molar-refractivity contribution is 7.84. The van der Waals surface area contributed by atoms with Gasteiger partial charge in [0.15, 0.2) is 0 Å². The summed E-state index contributed by atoms with van der Waals surface area (Å²) >= 11 is 5.53. The van der Waals surface area contributed by atoms with Crippen molar-refractivity contribution >= 4 is 28.2 Å². The molecule has 0 spiro atoms. The van der Waals surface area contributed by atoms with Gasteiger partial charge in [0.25, 0.3) is 0 Å². The molecule has 1 rings (SSSR count). The van der Waals surface area contributed by atoms with E-state index < -0.39 is 22.5 Å². The smallest absolute Gasteiger partial charge is 0.367 e. The van der Waals surface area contributed by atoms with Crippen LogP contribution in [0.4, 0.5) is 19.0 Å². The number of rotatable bonds is 4. The maximum atomic E-state index is 12.5. The maximum absolute atomic E-state index is 12.5. The molecular formula is C10H12ClF3N2OS. The van der Waals surface area contributed by atoms with Gasteiger partial charge in [-0.3, -0.25) is 4.21 Å². The molecule has 0 saturated heterocycles. The molecule has 0 fully saturated rings. The lowest BCUT2D eigenvalue weighted by molar-refractivity contribution is -0.137. The summed E-state index contributed by atoms with van der Waals surface area (Å²) in [6.07, 6.45) is -2.95. The zero-order chi connectivity index (χ0) is 13.9. The molecule has 1 N–H and O–H groups in total. The summed E-state index contributed by atoms with van der Waals surface area (Å²) in [5.41, 5.74) is -0.866. The van der Waals surface area contributed by atoms with Crippen molar-refractivity contribution in [1.82, 2.24) is 4.98 Å². The van der Waals surface area contributed by atoms with Gasteiger partial charge in [0.05, 0.1) is 5.56 Å². The van der Waals surface area contributed by atoms with Crippen molar-refractivity contribution in [2.24, 2.45) is 0 Å². The van der Waals surface area contributed by atoms with E-state index in [1.165, 1.54) is 6.26 Å². The van der Waals surface area contributed by atoms with Gasteiger partial charge >= 0.3 is 6.18 Å². The van der Waals surface area contributed by atoms with E-state index in [2.05, 4.69) is 10.3 Å². The number of anilines is 1. The number of aromatic nitrogens is 1. The molecule has 0 aliphatic rings. The first-order valence-electron chi connectivity index (χ1n) is 5.00.